The van der Waals surface area contributed by atoms with Crippen LogP contribution in [0.3, 0.4) is 0 Å². The Kier molecular flexibility index (Phi) is 3.67. The summed E-state index contributed by atoms with van der Waals surface area (Å²) >= 11 is 0. The van der Waals surface area contributed by atoms with Gasteiger partial charge in [-0.15, -0.1) is 0 Å². The third-order valence-corrected chi connectivity index (χ3v) is 1.68. The van der Waals surface area contributed by atoms with E-state index in [2.05, 4.69) is 30.5 Å². The van der Waals surface area contributed by atoms with Crippen LogP contribution in [0.25, 0.3) is 0 Å². The molecule has 1 rings (SSSR count). The van der Waals surface area contributed by atoms with Crippen molar-refractivity contribution >= 4 is 0 Å². The molecule has 0 aliphatic heterocycles. The lowest BCUT2D eigenvalue weighted by atomic mass is 10.1. The molecule has 0 bridgehead atoms. The Morgan fingerprint density at radius 3 is 2.73 bits per heavy atom. The topological polar surface area (TPSA) is 12.9 Å². The van der Waals surface area contributed by atoms with E-state index >= 15 is 0 Å². The molecule has 59 valence electrons. The van der Waals surface area contributed by atoms with Crippen molar-refractivity contribution in [1.29, 1.82) is 0 Å². The Hall–Kier alpha value is -0.850. The zero-order chi connectivity index (χ0) is 7.94. The summed E-state index contributed by atoms with van der Waals surface area (Å²) in [7, 11) is 0. The summed E-state index contributed by atoms with van der Waals surface area (Å²) in [6.45, 7) is 2.17. The number of hydrogen-bond donors (Lipinski definition) is 0. The summed E-state index contributed by atoms with van der Waals surface area (Å²) in [5.74, 6) is 0. The second-order valence-corrected chi connectivity index (χ2v) is 2.59. The number of hydrogen-bond acceptors (Lipinski definition) is 1. The second kappa shape index (κ2) is 4.89. The number of nitrogens with zero attached hydrogens (tertiary/aromatic N) is 1. The molecule has 0 unspecified atom stereocenters. The third-order valence-electron chi connectivity index (χ3n) is 1.68. The number of aryl methyl sites for hydroxylation is 1. The predicted octanol–water partition coefficient (Wildman–Crippen LogP) is 2.63. The van der Waals surface area contributed by atoms with Crippen molar-refractivity contribution in [3.8, 4) is 0 Å². The van der Waals surface area contributed by atoms with E-state index in [1.54, 1.807) is 0 Å². The number of rotatable bonds is 4. The number of pyridine rings is 1. The maximum Gasteiger partial charge on any atom is 0.0270 e. The standard InChI is InChI=1S/C10H14N/c1-2-3-4-5-10-6-8-11-9-7-10/h3,6-9H,2,4-5H2,1H3. The highest BCUT2D eigenvalue weighted by Crippen LogP contribution is 2.03. The minimum atomic E-state index is 1.15. The molecule has 0 saturated carbocycles. The number of aromatic nitrogens is 1. The van der Waals surface area contributed by atoms with Gasteiger partial charge in [0.15, 0.2) is 0 Å². The van der Waals surface area contributed by atoms with Gasteiger partial charge in [-0.25, -0.2) is 0 Å². The monoisotopic (exact) mass is 148 g/mol. The van der Waals surface area contributed by atoms with Crippen LogP contribution in [0, 0.1) is 6.42 Å². The van der Waals surface area contributed by atoms with E-state index in [0.717, 1.165) is 6.42 Å². The summed E-state index contributed by atoms with van der Waals surface area (Å²) in [6, 6.07) is 4.15. The first kappa shape index (κ1) is 8.25. The largest absolute Gasteiger partial charge is 0.265 e. The van der Waals surface area contributed by atoms with E-state index in [1.807, 2.05) is 12.4 Å². The summed E-state index contributed by atoms with van der Waals surface area (Å²) in [5, 5.41) is 0. The van der Waals surface area contributed by atoms with Crippen LogP contribution in [0.5, 0.6) is 0 Å². The van der Waals surface area contributed by atoms with Crippen LogP contribution in [-0.4, -0.2) is 4.98 Å². The normalized spacial score (nSPS) is 9.91. The summed E-state index contributed by atoms with van der Waals surface area (Å²) in [6.07, 6.45) is 9.50. The molecule has 0 spiro atoms. The van der Waals surface area contributed by atoms with Gasteiger partial charge in [-0.2, -0.15) is 0 Å². The average molecular weight is 148 g/mol. The van der Waals surface area contributed by atoms with E-state index in [1.165, 1.54) is 18.4 Å². The lowest BCUT2D eigenvalue weighted by Gasteiger charge is -1.97. The van der Waals surface area contributed by atoms with Gasteiger partial charge in [0.1, 0.15) is 0 Å². The maximum absolute atomic E-state index is 3.96. The second-order valence-electron chi connectivity index (χ2n) is 2.59. The van der Waals surface area contributed by atoms with Crippen molar-refractivity contribution in [1.82, 2.24) is 4.98 Å². The molecule has 0 aromatic carbocycles. The van der Waals surface area contributed by atoms with Gasteiger partial charge in [-0.05, 0) is 37.0 Å². The highest BCUT2D eigenvalue weighted by Gasteiger charge is 1.90. The minimum absolute atomic E-state index is 1.15. The lowest BCUT2D eigenvalue weighted by molar-refractivity contribution is 0.876. The molecule has 0 atom stereocenters. The molecule has 0 saturated heterocycles. The Labute approximate surface area is 68.5 Å². The molecule has 0 fully saturated rings. The first-order chi connectivity index (χ1) is 5.43. The van der Waals surface area contributed by atoms with Crippen molar-refractivity contribution in [2.75, 3.05) is 0 Å². The molecular formula is C10H14N. The molecule has 0 N–H and O–H groups in total. The minimum Gasteiger partial charge on any atom is -0.265 e. The van der Waals surface area contributed by atoms with Crippen LogP contribution >= 0.6 is 0 Å². The van der Waals surface area contributed by atoms with Crippen molar-refractivity contribution in [2.45, 2.75) is 26.2 Å². The molecule has 0 aliphatic rings. The molecule has 1 aromatic rings. The van der Waals surface area contributed by atoms with Gasteiger partial charge < -0.3 is 0 Å². The summed E-state index contributed by atoms with van der Waals surface area (Å²) in [5.41, 5.74) is 1.38. The molecule has 11 heavy (non-hydrogen) atoms. The summed E-state index contributed by atoms with van der Waals surface area (Å²) in [4.78, 5) is 3.96. The molecule has 1 heterocycles. The average Bonchev–Trinajstić information content (AvgIpc) is 2.07. The zero-order valence-corrected chi connectivity index (χ0v) is 6.96. The van der Waals surface area contributed by atoms with Crippen molar-refractivity contribution in [2.24, 2.45) is 0 Å². The molecule has 0 amide bonds. The highest BCUT2D eigenvalue weighted by molar-refractivity contribution is 5.09. The first-order valence-corrected chi connectivity index (χ1v) is 4.14. The smallest absolute Gasteiger partial charge is 0.0270 e. The quantitative estimate of drug-likeness (QED) is 0.598. The van der Waals surface area contributed by atoms with E-state index in [9.17, 15) is 0 Å². The van der Waals surface area contributed by atoms with Gasteiger partial charge in [0.2, 0.25) is 0 Å². The van der Waals surface area contributed by atoms with Gasteiger partial charge in [0.05, 0.1) is 0 Å². The Morgan fingerprint density at radius 2 is 2.09 bits per heavy atom. The van der Waals surface area contributed by atoms with E-state index in [-0.39, 0.29) is 0 Å². The van der Waals surface area contributed by atoms with Gasteiger partial charge >= 0.3 is 0 Å². The Bertz CT molecular complexity index is 181. The molecule has 1 heteroatoms. The van der Waals surface area contributed by atoms with Crippen LogP contribution < -0.4 is 0 Å². The van der Waals surface area contributed by atoms with Crippen LogP contribution in [-0.2, 0) is 6.42 Å². The Morgan fingerprint density at radius 1 is 1.36 bits per heavy atom. The van der Waals surface area contributed by atoms with Crippen molar-refractivity contribution < 1.29 is 0 Å². The third kappa shape index (κ3) is 3.17. The SMILES string of the molecule is CC[CH]CCc1ccncc1. The molecular weight excluding hydrogens is 134 g/mol. The summed E-state index contributed by atoms with van der Waals surface area (Å²) < 4.78 is 0. The van der Waals surface area contributed by atoms with Crippen molar-refractivity contribution in [3.63, 3.8) is 0 Å². The fourth-order valence-corrected chi connectivity index (χ4v) is 1.02. The number of unbranched alkanes of at least 4 members (excludes halogenated alkanes) is 2. The van der Waals surface area contributed by atoms with Crippen LogP contribution in [0.2, 0.25) is 0 Å². The fourth-order valence-electron chi connectivity index (χ4n) is 1.02. The van der Waals surface area contributed by atoms with Gasteiger partial charge in [-0.1, -0.05) is 13.3 Å². The van der Waals surface area contributed by atoms with Crippen molar-refractivity contribution in [3.05, 3.63) is 36.5 Å². The van der Waals surface area contributed by atoms with E-state index in [4.69, 9.17) is 0 Å². The van der Waals surface area contributed by atoms with E-state index < -0.39 is 0 Å². The molecule has 1 radical (unpaired) electrons. The van der Waals surface area contributed by atoms with Crippen LogP contribution in [0.15, 0.2) is 24.5 Å². The van der Waals surface area contributed by atoms with Crippen LogP contribution in [0.1, 0.15) is 25.3 Å². The molecule has 0 aliphatic carbocycles. The zero-order valence-electron chi connectivity index (χ0n) is 6.96. The molecule has 1 nitrogen and oxygen atoms in total. The van der Waals surface area contributed by atoms with Gasteiger partial charge in [0, 0.05) is 12.4 Å². The maximum atomic E-state index is 3.96. The Balaban J connectivity index is 2.28. The molecule has 1 aromatic heterocycles. The van der Waals surface area contributed by atoms with Gasteiger partial charge in [-0.3, -0.25) is 4.98 Å². The highest BCUT2D eigenvalue weighted by atomic mass is 14.6. The first-order valence-electron chi connectivity index (χ1n) is 4.14. The predicted molar refractivity (Wildman–Crippen MR) is 47.1 cm³/mol. The van der Waals surface area contributed by atoms with Gasteiger partial charge in [0.25, 0.3) is 0 Å². The van der Waals surface area contributed by atoms with E-state index in [0.29, 0.717) is 0 Å². The lowest BCUT2D eigenvalue weighted by Crippen LogP contribution is -1.85. The fraction of sp³-hybridized carbons (Fsp3) is 0.400. The van der Waals surface area contributed by atoms with Crippen LogP contribution in [0.4, 0.5) is 0 Å².